The van der Waals surface area contributed by atoms with Gasteiger partial charge in [-0.25, -0.2) is 4.79 Å². The van der Waals surface area contributed by atoms with Crippen molar-refractivity contribution >= 4 is 16.9 Å². The molecular formula is C26H33N5O3. The van der Waals surface area contributed by atoms with E-state index in [1.54, 1.807) is 7.11 Å². The van der Waals surface area contributed by atoms with E-state index in [-0.39, 0.29) is 18.1 Å². The third-order valence-electron chi connectivity index (χ3n) is 7.27. The molecule has 3 aromatic rings. The fourth-order valence-electron chi connectivity index (χ4n) is 5.81. The van der Waals surface area contributed by atoms with Gasteiger partial charge < -0.3 is 24.6 Å². The number of hydrogen-bond acceptors (Lipinski definition) is 5. The quantitative estimate of drug-likeness (QED) is 0.588. The highest BCUT2D eigenvalue weighted by Gasteiger charge is 2.54. The second-order valence-corrected chi connectivity index (χ2v) is 9.51. The number of aryl methyl sites for hydroxylation is 1. The number of aromatic nitrogens is 2. The SMILES string of the molecule is CCCNC(=O)N1CC2(CN(Cc3ccccn3)C2)c2c(n(C)c3cc(OC)ccc23)[C@H]1CO. The highest BCUT2D eigenvalue weighted by atomic mass is 16.5. The number of nitrogens with one attached hydrogen (secondary N) is 1. The fourth-order valence-corrected chi connectivity index (χ4v) is 5.81. The van der Waals surface area contributed by atoms with Gasteiger partial charge in [-0.1, -0.05) is 13.0 Å². The molecular weight excluding hydrogens is 430 g/mol. The number of rotatable bonds is 6. The number of methoxy groups -OCH3 is 1. The van der Waals surface area contributed by atoms with Crippen LogP contribution in [0.1, 0.15) is 36.3 Å². The number of ether oxygens (including phenoxy) is 1. The number of amides is 2. The predicted molar refractivity (Wildman–Crippen MR) is 131 cm³/mol. The van der Waals surface area contributed by atoms with Crippen LogP contribution in [0.3, 0.4) is 0 Å². The van der Waals surface area contributed by atoms with Gasteiger partial charge in [-0.3, -0.25) is 9.88 Å². The maximum Gasteiger partial charge on any atom is 0.318 e. The first-order valence-electron chi connectivity index (χ1n) is 12.0. The number of benzene rings is 1. The average molecular weight is 464 g/mol. The molecule has 1 saturated heterocycles. The molecule has 8 nitrogen and oxygen atoms in total. The number of carbonyl (C=O) groups excluding carboxylic acids is 1. The number of pyridine rings is 1. The van der Waals surface area contributed by atoms with Crippen molar-refractivity contribution in [2.24, 2.45) is 7.05 Å². The van der Waals surface area contributed by atoms with Crippen LogP contribution in [0.25, 0.3) is 10.9 Å². The minimum absolute atomic E-state index is 0.114. The van der Waals surface area contributed by atoms with E-state index in [2.05, 4.69) is 25.8 Å². The summed E-state index contributed by atoms with van der Waals surface area (Å²) in [6.45, 7) is 5.55. The zero-order chi connectivity index (χ0) is 23.9. The molecule has 2 aromatic heterocycles. The van der Waals surface area contributed by atoms with Crippen LogP contribution < -0.4 is 10.1 Å². The summed E-state index contributed by atoms with van der Waals surface area (Å²) in [5.74, 6) is 0.794. The molecule has 0 aliphatic carbocycles. The molecule has 34 heavy (non-hydrogen) atoms. The lowest BCUT2D eigenvalue weighted by Crippen LogP contribution is -2.67. The van der Waals surface area contributed by atoms with Crippen LogP contribution in [-0.4, -0.2) is 70.4 Å². The lowest BCUT2D eigenvalue weighted by molar-refractivity contribution is 0.00491. The van der Waals surface area contributed by atoms with E-state index < -0.39 is 6.04 Å². The Morgan fingerprint density at radius 2 is 2.09 bits per heavy atom. The lowest BCUT2D eigenvalue weighted by Gasteiger charge is -2.56. The molecule has 2 amide bonds. The largest absolute Gasteiger partial charge is 0.497 e. The van der Waals surface area contributed by atoms with Crippen LogP contribution in [0.15, 0.2) is 42.6 Å². The summed E-state index contributed by atoms with van der Waals surface area (Å²) in [5, 5.41) is 14.7. The molecule has 1 fully saturated rings. The lowest BCUT2D eigenvalue weighted by atomic mass is 9.68. The molecule has 4 heterocycles. The number of aliphatic hydroxyl groups is 1. The van der Waals surface area contributed by atoms with Gasteiger partial charge in [0.05, 0.1) is 31.0 Å². The number of likely N-dealkylation sites (tertiary alicyclic amines) is 1. The van der Waals surface area contributed by atoms with E-state index in [4.69, 9.17) is 4.74 Å². The molecule has 1 atom stereocenters. The van der Waals surface area contributed by atoms with E-state index >= 15 is 0 Å². The highest BCUT2D eigenvalue weighted by Crippen LogP contribution is 2.49. The second-order valence-electron chi connectivity index (χ2n) is 9.51. The molecule has 0 radical (unpaired) electrons. The number of hydrogen-bond donors (Lipinski definition) is 2. The number of nitrogens with zero attached hydrogens (tertiary/aromatic N) is 4. The van der Waals surface area contributed by atoms with Crippen LogP contribution in [0.2, 0.25) is 0 Å². The van der Waals surface area contributed by atoms with Gasteiger partial charge in [-0.05, 0) is 36.2 Å². The topological polar surface area (TPSA) is 82.9 Å². The molecule has 1 aromatic carbocycles. The summed E-state index contributed by atoms with van der Waals surface area (Å²) in [5.41, 5.74) is 4.17. The van der Waals surface area contributed by atoms with Gasteiger partial charge >= 0.3 is 6.03 Å². The smallest absolute Gasteiger partial charge is 0.318 e. The Morgan fingerprint density at radius 1 is 1.26 bits per heavy atom. The molecule has 8 heteroatoms. The normalized spacial score (nSPS) is 19.2. The average Bonchev–Trinajstić information content (AvgIpc) is 3.14. The Kier molecular flexibility index (Phi) is 5.95. The van der Waals surface area contributed by atoms with Crippen molar-refractivity contribution < 1.29 is 14.6 Å². The molecule has 2 N–H and O–H groups in total. The zero-order valence-electron chi connectivity index (χ0n) is 20.1. The summed E-state index contributed by atoms with van der Waals surface area (Å²) in [6, 6.07) is 11.6. The number of urea groups is 1. The fraction of sp³-hybridized carbons (Fsp3) is 0.462. The minimum atomic E-state index is -0.397. The molecule has 0 saturated carbocycles. The summed E-state index contributed by atoms with van der Waals surface area (Å²) in [6.07, 6.45) is 2.69. The Labute approximate surface area is 200 Å². The van der Waals surface area contributed by atoms with Crippen molar-refractivity contribution in [1.82, 2.24) is 24.7 Å². The van der Waals surface area contributed by atoms with E-state index in [9.17, 15) is 9.90 Å². The van der Waals surface area contributed by atoms with Gasteiger partial charge in [-0.2, -0.15) is 0 Å². The van der Waals surface area contributed by atoms with Gasteiger partial charge in [0.1, 0.15) is 5.75 Å². The van der Waals surface area contributed by atoms with Crippen molar-refractivity contribution in [3.8, 4) is 5.75 Å². The third-order valence-corrected chi connectivity index (χ3v) is 7.27. The van der Waals surface area contributed by atoms with Crippen LogP contribution in [0.4, 0.5) is 4.79 Å². The van der Waals surface area contributed by atoms with Crippen molar-refractivity contribution in [3.05, 3.63) is 59.5 Å². The standard InChI is InChI=1S/C26H33N5O3/c1-4-10-28-25(33)31-17-26(15-30(16-26)13-18-7-5-6-11-27-18)23-20-9-8-19(34-3)12-21(20)29(2)24(23)22(31)14-32/h5-9,11-12,22,32H,4,10,13-17H2,1-3H3,(H,28,33)/t22-/m1/s1. The predicted octanol–water partition coefficient (Wildman–Crippen LogP) is 2.80. The molecule has 1 spiro atoms. The number of aliphatic hydroxyl groups excluding tert-OH is 1. The van der Waals surface area contributed by atoms with Gasteiger partial charge in [0.2, 0.25) is 0 Å². The molecule has 2 aliphatic heterocycles. The van der Waals surface area contributed by atoms with Gasteiger partial charge in [0.15, 0.2) is 0 Å². The summed E-state index contributed by atoms with van der Waals surface area (Å²) >= 11 is 0. The number of carbonyl (C=O) groups is 1. The van der Waals surface area contributed by atoms with Crippen LogP contribution >= 0.6 is 0 Å². The van der Waals surface area contributed by atoms with Crippen molar-refractivity contribution in [3.63, 3.8) is 0 Å². The van der Waals surface area contributed by atoms with Crippen LogP contribution in [0.5, 0.6) is 5.75 Å². The summed E-state index contributed by atoms with van der Waals surface area (Å²) < 4.78 is 7.62. The third kappa shape index (κ3) is 3.61. The van der Waals surface area contributed by atoms with E-state index in [1.165, 1.54) is 10.9 Å². The summed E-state index contributed by atoms with van der Waals surface area (Å²) in [4.78, 5) is 21.9. The highest BCUT2D eigenvalue weighted by molar-refractivity contribution is 5.90. The number of fused-ring (bicyclic) bond motifs is 4. The van der Waals surface area contributed by atoms with Crippen molar-refractivity contribution in [2.45, 2.75) is 31.3 Å². The molecule has 180 valence electrons. The van der Waals surface area contributed by atoms with Gasteiger partial charge in [-0.15, -0.1) is 0 Å². The monoisotopic (exact) mass is 463 g/mol. The van der Waals surface area contributed by atoms with Crippen LogP contribution in [0, 0.1) is 0 Å². The van der Waals surface area contributed by atoms with Crippen LogP contribution in [-0.2, 0) is 19.0 Å². The Morgan fingerprint density at radius 3 is 2.76 bits per heavy atom. The first-order valence-corrected chi connectivity index (χ1v) is 12.0. The molecule has 0 bridgehead atoms. The van der Waals surface area contributed by atoms with Crippen molar-refractivity contribution in [2.75, 3.05) is 39.9 Å². The first-order chi connectivity index (χ1) is 16.5. The van der Waals surface area contributed by atoms with Gasteiger partial charge in [0, 0.05) is 68.5 Å². The molecule has 2 aliphatic rings. The first kappa shape index (κ1) is 22.7. The van der Waals surface area contributed by atoms with Gasteiger partial charge in [0.25, 0.3) is 0 Å². The maximum atomic E-state index is 13.2. The Bertz CT molecular complexity index is 1190. The Balaban J connectivity index is 1.58. The summed E-state index contributed by atoms with van der Waals surface area (Å²) in [7, 11) is 3.69. The minimum Gasteiger partial charge on any atom is -0.497 e. The van der Waals surface area contributed by atoms with E-state index in [0.717, 1.165) is 48.7 Å². The second kappa shape index (κ2) is 8.92. The van der Waals surface area contributed by atoms with Crippen molar-refractivity contribution in [1.29, 1.82) is 0 Å². The Hall–Kier alpha value is -3.10. The van der Waals surface area contributed by atoms with E-state index in [1.807, 2.05) is 55.4 Å². The zero-order valence-corrected chi connectivity index (χ0v) is 20.1. The molecule has 0 unspecified atom stereocenters. The maximum absolute atomic E-state index is 13.2. The molecule has 5 rings (SSSR count). The van der Waals surface area contributed by atoms with E-state index in [0.29, 0.717) is 13.1 Å².